The minimum atomic E-state index is -1.90. The van der Waals surface area contributed by atoms with E-state index in [1.807, 2.05) is 30.3 Å². The zero-order valence-corrected chi connectivity index (χ0v) is 23.0. The first-order valence-corrected chi connectivity index (χ1v) is 15.1. The van der Waals surface area contributed by atoms with E-state index in [0.717, 1.165) is 15.6 Å². The zero-order valence-electron chi connectivity index (χ0n) is 19.6. The maximum atomic E-state index is 6.51. The molecule has 0 amide bonds. The number of rotatable bonds is 9. The second kappa shape index (κ2) is 10.9. The maximum Gasteiger partial charge on any atom is 0.192 e. The molecular formula is C25H34BrNO3SSi. The third-order valence-corrected chi connectivity index (χ3v) is 11.7. The topological polar surface area (TPSA) is 39.7 Å². The second-order valence-electron chi connectivity index (χ2n) is 9.81. The van der Waals surface area contributed by atoms with Crippen LogP contribution in [0.3, 0.4) is 0 Å². The predicted octanol–water partition coefficient (Wildman–Crippen LogP) is 6.24. The summed E-state index contributed by atoms with van der Waals surface area (Å²) in [5.41, 5.74) is 2.21. The molecule has 0 bridgehead atoms. The van der Waals surface area contributed by atoms with Crippen molar-refractivity contribution in [3.8, 4) is 0 Å². The van der Waals surface area contributed by atoms with Crippen LogP contribution in [0.25, 0.3) is 0 Å². The minimum Gasteiger partial charge on any atom is -0.415 e. The van der Waals surface area contributed by atoms with Gasteiger partial charge in [-0.1, -0.05) is 91.4 Å². The first-order valence-electron chi connectivity index (χ1n) is 11.0. The number of halogens is 1. The lowest BCUT2D eigenvalue weighted by molar-refractivity contribution is -0.0610. The first-order chi connectivity index (χ1) is 15.1. The quantitative estimate of drug-likeness (QED) is 0.304. The third-order valence-electron chi connectivity index (χ3n) is 6.31. The average Bonchev–Trinajstić information content (AvgIpc) is 3.03. The van der Waals surface area contributed by atoms with Gasteiger partial charge in [0.1, 0.15) is 17.2 Å². The van der Waals surface area contributed by atoms with Gasteiger partial charge in [-0.25, -0.2) is 0 Å². The zero-order chi connectivity index (χ0) is 23.4. The largest absolute Gasteiger partial charge is 0.415 e. The number of benzene rings is 2. The van der Waals surface area contributed by atoms with Crippen molar-refractivity contribution < 1.29 is 13.9 Å². The van der Waals surface area contributed by atoms with E-state index in [4.69, 9.17) is 26.1 Å². The molecule has 0 aromatic heterocycles. The lowest BCUT2D eigenvalue weighted by Gasteiger charge is -2.37. The second-order valence-corrected chi connectivity index (χ2v) is 16.0. The molecular weight excluding hydrogens is 502 g/mol. The molecule has 1 heterocycles. The Morgan fingerprint density at radius 3 is 2.28 bits per heavy atom. The number of nitrogens with one attached hydrogen (secondary N) is 1. The molecule has 3 unspecified atom stereocenters. The van der Waals surface area contributed by atoms with E-state index in [1.165, 1.54) is 0 Å². The van der Waals surface area contributed by atoms with Gasteiger partial charge in [0.25, 0.3) is 0 Å². The standard InChI is InChI=1S/C25H34BrNO3SSi/c1-25(2,3)32(4,5)30-17-21-22(28-16-19-12-9-13-20(26)14-19)23(24(31)27-21)29-15-18-10-7-6-8-11-18/h6-14,21-23H,15-17H2,1-5H3,(H,27,31). The molecule has 0 radical (unpaired) electrons. The summed E-state index contributed by atoms with van der Waals surface area (Å²) in [6.45, 7) is 12.8. The Balaban J connectivity index is 1.72. The van der Waals surface area contributed by atoms with Crippen molar-refractivity contribution >= 4 is 41.5 Å². The number of hydrogen-bond donors (Lipinski definition) is 1. The molecule has 1 fully saturated rings. The van der Waals surface area contributed by atoms with Gasteiger partial charge in [-0.15, -0.1) is 0 Å². The van der Waals surface area contributed by atoms with Crippen LogP contribution in [-0.4, -0.2) is 38.2 Å². The highest BCUT2D eigenvalue weighted by Crippen LogP contribution is 2.37. The van der Waals surface area contributed by atoms with Crippen molar-refractivity contribution in [3.63, 3.8) is 0 Å². The molecule has 1 aliphatic heterocycles. The van der Waals surface area contributed by atoms with E-state index in [2.05, 4.69) is 79.4 Å². The third kappa shape index (κ3) is 6.71. The SMILES string of the molecule is CC(C)(C)[Si](C)(C)OCC1NC(=S)C(OCc2ccccc2)C1OCc1cccc(Br)c1. The molecule has 4 nitrogen and oxygen atoms in total. The van der Waals surface area contributed by atoms with E-state index in [-0.39, 0.29) is 23.3 Å². The van der Waals surface area contributed by atoms with Crippen molar-refractivity contribution in [2.75, 3.05) is 6.61 Å². The Kier molecular flexibility index (Phi) is 8.69. The van der Waals surface area contributed by atoms with Crippen molar-refractivity contribution in [2.45, 2.75) is 70.4 Å². The van der Waals surface area contributed by atoms with Crippen LogP contribution in [-0.2, 0) is 27.1 Å². The van der Waals surface area contributed by atoms with Crippen LogP contribution in [0.5, 0.6) is 0 Å². The number of ether oxygens (including phenoxy) is 2. The van der Waals surface area contributed by atoms with E-state index in [0.29, 0.717) is 24.8 Å². The summed E-state index contributed by atoms with van der Waals surface area (Å²) >= 11 is 9.21. The van der Waals surface area contributed by atoms with Crippen LogP contribution in [0, 0.1) is 0 Å². The Morgan fingerprint density at radius 2 is 1.62 bits per heavy atom. The van der Waals surface area contributed by atoms with Crippen molar-refractivity contribution in [2.24, 2.45) is 0 Å². The van der Waals surface area contributed by atoms with E-state index < -0.39 is 8.32 Å². The van der Waals surface area contributed by atoms with Crippen LogP contribution in [0.4, 0.5) is 0 Å². The molecule has 174 valence electrons. The maximum absolute atomic E-state index is 6.51. The fourth-order valence-corrected chi connectivity index (χ4v) is 5.14. The lowest BCUT2D eigenvalue weighted by Crippen LogP contribution is -2.47. The summed E-state index contributed by atoms with van der Waals surface area (Å²) in [6.07, 6.45) is -0.541. The van der Waals surface area contributed by atoms with Gasteiger partial charge < -0.3 is 19.2 Å². The van der Waals surface area contributed by atoms with Gasteiger partial charge in [0.05, 0.1) is 25.9 Å². The summed E-state index contributed by atoms with van der Waals surface area (Å²) in [7, 11) is -1.90. The van der Waals surface area contributed by atoms with Gasteiger partial charge >= 0.3 is 0 Å². The molecule has 2 aromatic carbocycles. The van der Waals surface area contributed by atoms with Crippen LogP contribution < -0.4 is 5.32 Å². The fourth-order valence-electron chi connectivity index (χ4n) is 3.31. The smallest absolute Gasteiger partial charge is 0.192 e. The highest BCUT2D eigenvalue weighted by atomic mass is 79.9. The van der Waals surface area contributed by atoms with Crippen LogP contribution in [0.2, 0.25) is 18.1 Å². The molecule has 0 spiro atoms. The van der Waals surface area contributed by atoms with Gasteiger partial charge in [-0.05, 0) is 41.4 Å². The van der Waals surface area contributed by atoms with E-state index >= 15 is 0 Å². The molecule has 0 saturated carbocycles. The van der Waals surface area contributed by atoms with Gasteiger partial charge in [0.15, 0.2) is 8.32 Å². The highest BCUT2D eigenvalue weighted by Gasteiger charge is 2.44. The summed E-state index contributed by atoms with van der Waals surface area (Å²) in [4.78, 5) is 0.684. The lowest BCUT2D eigenvalue weighted by atomic mass is 10.1. The molecule has 0 aliphatic carbocycles. The summed E-state index contributed by atoms with van der Waals surface area (Å²) in [5, 5.41) is 3.57. The Bertz CT molecular complexity index is 904. The van der Waals surface area contributed by atoms with Crippen LogP contribution in [0.1, 0.15) is 31.9 Å². The highest BCUT2D eigenvalue weighted by molar-refractivity contribution is 9.10. The fraction of sp³-hybridized carbons (Fsp3) is 0.480. The minimum absolute atomic E-state index is 0.0513. The Hall–Kier alpha value is -1.09. The van der Waals surface area contributed by atoms with E-state index in [1.54, 1.807) is 0 Å². The van der Waals surface area contributed by atoms with Crippen molar-refractivity contribution in [1.29, 1.82) is 0 Å². The normalized spacial score (nSPS) is 21.6. The molecule has 7 heteroatoms. The summed E-state index contributed by atoms with van der Waals surface area (Å²) in [6, 6.07) is 18.3. The predicted molar refractivity (Wildman–Crippen MR) is 140 cm³/mol. The average molecular weight is 537 g/mol. The molecule has 3 rings (SSSR count). The summed E-state index contributed by atoms with van der Waals surface area (Å²) in [5.74, 6) is 0. The summed E-state index contributed by atoms with van der Waals surface area (Å²) < 4.78 is 20.2. The Labute approximate surface area is 207 Å². The van der Waals surface area contributed by atoms with Gasteiger partial charge in [-0.3, -0.25) is 0 Å². The molecule has 1 aliphatic rings. The molecule has 32 heavy (non-hydrogen) atoms. The Morgan fingerprint density at radius 1 is 0.969 bits per heavy atom. The molecule has 1 N–H and O–H groups in total. The molecule has 1 saturated heterocycles. The number of hydrogen-bond acceptors (Lipinski definition) is 4. The number of thiocarbonyl (C=S) groups is 1. The van der Waals surface area contributed by atoms with E-state index in [9.17, 15) is 0 Å². The van der Waals surface area contributed by atoms with Crippen LogP contribution in [0.15, 0.2) is 59.1 Å². The monoisotopic (exact) mass is 535 g/mol. The van der Waals surface area contributed by atoms with Gasteiger partial charge in [-0.2, -0.15) is 0 Å². The molecule has 3 atom stereocenters. The van der Waals surface area contributed by atoms with Crippen LogP contribution >= 0.6 is 28.1 Å². The van der Waals surface area contributed by atoms with Gasteiger partial charge in [0, 0.05) is 4.47 Å². The van der Waals surface area contributed by atoms with Crippen molar-refractivity contribution in [1.82, 2.24) is 5.32 Å². The van der Waals surface area contributed by atoms with Gasteiger partial charge in [0.2, 0.25) is 0 Å². The first kappa shape index (κ1) is 25.5. The van der Waals surface area contributed by atoms with Crippen molar-refractivity contribution in [3.05, 3.63) is 70.2 Å². The molecule has 2 aromatic rings.